The number of hydrogen-bond acceptors (Lipinski definition) is 4. The number of hydrogen-bond donors (Lipinski definition) is 0. The Morgan fingerprint density at radius 1 is 1.00 bits per heavy atom. The summed E-state index contributed by atoms with van der Waals surface area (Å²) in [6.45, 7) is 5.97. The molecule has 2 aromatic carbocycles. The maximum Gasteiger partial charge on any atom is 0.235 e. The number of likely N-dealkylation sites (tertiary alicyclic amines) is 1. The summed E-state index contributed by atoms with van der Waals surface area (Å²) in [4.78, 5) is 14.9. The van der Waals surface area contributed by atoms with E-state index in [1.54, 1.807) is 0 Å². The molecule has 1 atom stereocenters. The van der Waals surface area contributed by atoms with E-state index in [1.165, 1.54) is 11.8 Å². The van der Waals surface area contributed by atoms with Crippen LogP contribution in [0.4, 0.5) is 0 Å². The van der Waals surface area contributed by atoms with Crippen LogP contribution in [-0.4, -0.2) is 39.3 Å². The maximum absolute atomic E-state index is 12.9. The molecule has 0 unspecified atom stereocenters. The van der Waals surface area contributed by atoms with E-state index >= 15 is 0 Å². The molecule has 1 saturated heterocycles. The zero-order chi connectivity index (χ0) is 19.5. The van der Waals surface area contributed by atoms with Gasteiger partial charge in [-0.3, -0.25) is 4.79 Å². The summed E-state index contributed by atoms with van der Waals surface area (Å²) in [5.74, 6) is 0.919. The Hall–Kier alpha value is -2.40. The molecule has 4 nitrogen and oxygen atoms in total. The first-order valence-electron chi connectivity index (χ1n) is 9.90. The lowest BCUT2D eigenvalue weighted by atomic mass is 9.99. The van der Waals surface area contributed by atoms with Crippen molar-refractivity contribution in [2.45, 2.75) is 37.0 Å². The monoisotopic (exact) mass is 391 g/mol. The summed E-state index contributed by atoms with van der Waals surface area (Å²) in [5.41, 5.74) is 1.93. The Labute approximate surface area is 170 Å². The number of amides is 1. The van der Waals surface area contributed by atoms with Crippen LogP contribution >= 0.6 is 11.8 Å². The molecular weight excluding hydrogens is 366 g/mol. The third kappa shape index (κ3) is 3.90. The van der Waals surface area contributed by atoms with Gasteiger partial charge in [0.25, 0.3) is 0 Å². The number of thioether (sulfide) groups is 1. The Balaban J connectivity index is 1.60. The standard InChI is InChI=1S/C23H25N3OS/c1-16-12-14-26(15-13-16)23(27)17(2)28-22-20-11-7-6-10-19(20)21(24-25-22)18-8-4-3-5-9-18/h3-11,16-17H,12-15H2,1-2H3/t17-/m0/s1. The van der Waals surface area contributed by atoms with Crippen LogP contribution in [0.1, 0.15) is 26.7 Å². The van der Waals surface area contributed by atoms with Gasteiger partial charge >= 0.3 is 0 Å². The van der Waals surface area contributed by atoms with Gasteiger partial charge in [-0.2, -0.15) is 0 Å². The van der Waals surface area contributed by atoms with Crippen molar-refractivity contribution in [2.24, 2.45) is 5.92 Å². The van der Waals surface area contributed by atoms with Crippen molar-refractivity contribution in [3.8, 4) is 11.3 Å². The molecule has 0 saturated carbocycles. The molecule has 5 heteroatoms. The van der Waals surface area contributed by atoms with E-state index in [0.717, 1.165) is 53.0 Å². The van der Waals surface area contributed by atoms with Crippen LogP contribution in [0.3, 0.4) is 0 Å². The van der Waals surface area contributed by atoms with Crippen molar-refractivity contribution in [3.63, 3.8) is 0 Å². The molecule has 0 radical (unpaired) electrons. The number of piperidine rings is 1. The summed E-state index contributed by atoms with van der Waals surface area (Å²) < 4.78 is 0. The van der Waals surface area contributed by atoms with E-state index in [0.29, 0.717) is 5.92 Å². The van der Waals surface area contributed by atoms with Gasteiger partial charge in [0.1, 0.15) is 10.7 Å². The van der Waals surface area contributed by atoms with Crippen LogP contribution in [0.15, 0.2) is 59.6 Å². The van der Waals surface area contributed by atoms with Crippen molar-refractivity contribution in [3.05, 3.63) is 54.6 Å². The minimum atomic E-state index is -0.173. The highest BCUT2D eigenvalue weighted by molar-refractivity contribution is 8.00. The normalized spacial score (nSPS) is 16.3. The van der Waals surface area contributed by atoms with Gasteiger partial charge in [-0.1, -0.05) is 73.3 Å². The minimum absolute atomic E-state index is 0.173. The average molecular weight is 392 g/mol. The fourth-order valence-corrected chi connectivity index (χ4v) is 4.66. The highest BCUT2D eigenvalue weighted by atomic mass is 32.2. The van der Waals surface area contributed by atoms with E-state index in [-0.39, 0.29) is 11.2 Å². The van der Waals surface area contributed by atoms with E-state index < -0.39 is 0 Å². The molecular formula is C23H25N3OS. The highest BCUT2D eigenvalue weighted by Crippen LogP contribution is 2.34. The molecule has 0 N–H and O–H groups in total. The molecule has 1 aliphatic rings. The zero-order valence-electron chi connectivity index (χ0n) is 16.3. The summed E-state index contributed by atoms with van der Waals surface area (Å²) in [6.07, 6.45) is 2.19. The highest BCUT2D eigenvalue weighted by Gasteiger charge is 2.26. The summed E-state index contributed by atoms with van der Waals surface area (Å²) in [5, 5.41) is 11.8. The molecule has 4 rings (SSSR count). The fourth-order valence-electron chi connectivity index (χ4n) is 3.68. The predicted octanol–water partition coefficient (Wildman–Crippen LogP) is 5.04. The molecule has 0 aliphatic carbocycles. The van der Waals surface area contributed by atoms with E-state index in [2.05, 4.69) is 29.3 Å². The first-order chi connectivity index (χ1) is 13.6. The number of benzene rings is 2. The molecule has 1 amide bonds. The largest absolute Gasteiger partial charge is 0.342 e. The predicted molar refractivity (Wildman–Crippen MR) is 115 cm³/mol. The molecule has 0 bridgehead atoms. The van der Waals surface area contributed by atoms with Gasteiger partial charge in [0.2, 0.25) is 5.91 Å². The van der Waals surface area contributed by atoms with Gasteiger partial charge in [-0.15, -0.1) is 10.2 Å². The van der Waals surface area contributed by atoms with Crippen molar-refractivity contribution in [1.82, 2.24) is 15.1 Å². The smallest absolute Gasteiger partial charge is 0.235 e. The summed E-state index contributed by atoms with van der Waals surface area (Å²) >= 11 is 1.51. The van der Waals surface area contributed by atoms with Crippen molar-refractivity contribution >= 4 is 28.4 Å². The summed E-state index contributed by atoms with van der Waals surface area (Å²) in [7, 11) is 0. The second-order valence-corrected chi connectivity index (χ2v) is 8.86. The lowest BCUT2D eigenvalue weighted by molar-refractivity contribution is -0.131. The third-order valence-corrected chi connectivity index (χ3v) is 6.51. The van der Waals surface area contributed by atoms with Gasteiger partial charge in [-0.05, 0) is 25.7 Å². The van der Waals surface area contributed by atoms with Gasteiger partial charge in [0.05, 0.1) is 5.25 Å². The Kier molecular flexibility index (Phi) is 5.62. The molecule has 0 spiro atoms. The van der Waals surface area contributed by atoms with Crippen molar-refractivity contribution < 1.29 is 4.79 Å². The maximum atomic E-state index is 12.9. The molecule has 28 heavy (non-hydrogen) atoms. The third-order valence-electron chi connectivity index (χ3n) is 5.43. The molecule has 1 aromatic heterocycles. The molecule has 3 aromatic rings. The molecule has 2 heterocycles. The first kappa shape index (κ1) is 18.9. The van der Waals surface area contributed by atoms with Crippen molar-refractivity contribution in [2.75, 3.05) is 13.1 Å². The average Bonchev–Trinajstić information content (AvgIpc) is 2.74. The van der Waals surface area contributed by atoms with Gasteiger partial charge in [0.15, 0.2) is 0 Å². The second kappa shape index (κ2) is 8.31. The quantitative estimate of drug-likeness (QED) is 0.585. The van der Waals surface area contributed by atoms with Crippen LogP contribution in [0.5, 0.6) is 0 Å². The molecule has 1 fully saturated rings. The van der Waals surface area contributed by atoms with Gasteiger partial charge < -0.3 is 4.90 Å². The first-order valence-corrected chi connectivity index (χ1v) is 10.8. The number of fused-ring (bicyclic) bond motifs is 1. The topological polar surface area (TPSA) is 46.1 Å². The minimum Gasteiger partial charge on any atom is -0.342 e. The molecule has 144 valence electrons. The number of carbonyl (C=O) groups is 1. The lowest BCUT2D eigenvalue weighted by Gasteiger charge is -2.32. The van der Waals surface area contributed by atoms with E-state index in [4.69, 9.17) is 0 Å². The van der Waals surface area contributed by atoms with Gasteiger partial charge in [0, 0.05) is 29.4 Å². The molecule has 1 aliphatic heterocycles. The fraction of sp³-hybridized carbons (Fsp3) is 0.348. The van der Waals surface area contributed by atoms with Gasteiger partial charge in [-0.25, -0.2) is 0 Å². The van der Waals surface area contributed by atoms with Crippen LogP contribution < -0.4 is 0 Å². The number of aromatic nitrogens is 2. The SMILES string of the molecule is CC1CCN(C(=O)[C@H](C)Sc2nnc(-c3ccccc3)c3ccccc23)CC1. The zero-order valence-corrected chi connectivity index (χ0v) is 17.2. The Bertz CT molecular complexity index is 968. The van der Waals surface area contributed by atoms with Crippen molar-refractivity contribution in [1.29, 1.82) is 0 Å². The Morgan fingerprint density at radius 2 is 1.64 bits per heavy atom. The number of rotatable bonds is 4. The van der Waals surface area contributed by atoms with Crippen LogP contribution in [0.2, 0.25) is 0 Å². The van der Waals surface area contributed by atoms with Crippen LogP contribution in [0, 0.1) is 5.92 Å². The summed E-state index contributed by atoms with van der Waals surface area (Å²) in [6, 6.07) is 18.3. The Morgan fingerprint density at radius 3 is 2.36 bits per heavy atom. The second-order valence-electron chi connectivity index (χ2n) is 7.53. The van der Waals surface area contributed by atoms with Crippen LogP contribution in [-0.2, 0) is 4.79 Å². The van der Waals surface area contributed by atoms with E-state index in [1.807, 2.05) is 54.3 Å². The van der Waals surface area contributed by atoms with Crippen LogP contribution in [0.25, 0.3) is 22.0 Å². The number of nitrogens with zero attached hydrogens (tertiary/aromatic N) is 3. The lowest BCUT2D eigenvalue weighted by Crippen LogP contribution is -2.41. The number of carbonyl (C=O) groups excluding carboxylic acids is 1. The van der Waals surface area contributed by atoms with E-state index in [9.17, 15) is 4.79 Å².